The number of carbonyl (C=O) groups excluding carboxylic acids is 1. The van der Waals surface area contributed by atoms with E-state index in [1.807, 2.05) is 31.2 Å². The number of rotatable bonds is 5. The predicted molar refractivity (Wildman–Crippen MR) is 84.0 cm³/mol. The second-order valence-electron chi connectivity index (χ2n) is 5.16. The van der Waals surface area contributed by atoms with Gasteiger partial charge in [-0.15, -0.1) is 5.10 Å². The van der Waals surface area contributed by atoms with Gasteiger partial charge in [-0.25, -0.2) is 4.98 Å². The van der Waals surface area contributed by atoms with E-state index >= 15 is 0 Å². The molecule has 0 fully saturated rings. The molecule has 2 heterocycles. The quantitative estimate of drug-likeness (QED) is 0.646. The molecule has 1 aromatic heterocycles. The molecule has 1 amide bonds. The third-order valence-corrected chi connectivity index (χ3v) is 4.31. The molecule has 2 aromatic rings. The molecule has 0 spiro atoms. The summed E-state index contributed by atoms with van der Waals surface area (Å²) < 4.78 is 5.65. The van der Waals surface area contributed by atoms with Crippen LogP contribution in [0, 0.1) is 12.8 Å². The number of aryl methyl sites for hydroxylation is 1. The van der Waals surface area contributed by atoms with Crippen molar-refractivity contribution in [2.45, 2.75) is 18.5 Å². The van der Waals surface area contributed by atoms with Crippen LogP contribution in [-0.2, 0) is 11.2 Å². The Morgan fingerprint density at radius 1 is 1.50 bits per heavy atom. The van der Waals surface area contributed by atoms with Crippen molar-refractivity contribution in [3.63, 3.8) is 0 Å². The maximum absolute atomic E-state index is 12.2. The number of fused-ring (bicyclic) bond motifs is 1. The molecule has 7 heteroatoms. The van der Waals surface area contributed by atoms with Gasteiger partial charge in [0.15, 0.2) is 0 Å². The number of hydrogen-bond acceptors (Lipinski definition) is 5. The highest BCUT2D eigenvalue weighted by atomic mass is 32.2. The van der Waals surface area contributed by atoms with Crippen molar-refractivity contribution in [1.82, 2.24) is 20.5 Å². The van der Waals surface area contributed by atoms with E-state index in [4.69, 9.17) is 4.74 Å². The number of thioether (sulfide) groups is 1. The largest absolute Gasteiger partial charge is 0.492 e. The van der Waals surface area contributed by atoms with Gasteiger partial charge in [0.05, 0.1) is 5.92 Å². The van der Waals surface area contributed by atoms with Crippen LogP contribution in [0.25, 0.3) is 0 Å². The maximum Gasteiger partial charge on any atom is 0.226 e. The second kappa shape index (κ2) is 6.83. The number of para-hydroxylation sites is 1. The number of H-pyrrole nitrogens is 1. The van der Waals surface area contributed by atoms with Crippen molar-refractivity contribution in [3.8, 4) is 5.75 Å². The minimum atomic E-state index is -0.120. The molecule has 1 atom stereocenters. The Bertz CT molecular complexity index is 658. The third kappa shape index (κ3) is 3.59. The van der Waals surface area contributed by atoms with Gasteiger partial charge in [-0.3, -0.25) is 9.89 Å². The standard InChI is InChI=1S/C15H18N4O2S/c1-10-17-15(19-18-10)22-7-6-16-14(20)12-8-11-4-2-3-5-13(11)21-9-12/h2-5,12H,6-9H2,1H3,(H,16,20)(H,17,18,19)/t12-/m0/s1. The van der Waals surface area contributed by atoms with E-state index < -0.39 is 0 Å². The molecular formula is C15H18N4O2S. The zero-order valence-electron chi connectivity index (χ0n) is 12.3. The smallest absolute Gasteiger partial charge is 0.226 e. The maximum atomic E-state index is 12.2. The predicted octanol–water partition coefficient (Wildman–Crippen LogP) is 1.57. The fourth-order valence-corrected chi connectivity index (χ4v) is 3.04. The molecule has 0 saturated heterocycles. The summed E-state index contributed by atoms with van der Waals surface area (Å²) in [7, 11) is 0. The van der Waals surface area contributed by atoms with E-state index in [0.717, 1.165) is 29.3 Å². The number of amides is 1. The van der Waals surface area contributed by atoms with Crippen LogP contribution in [0.1, 0.15) is 11.4 Å². The van der Waals surface area contributed by atoms with Gasteiger partial charge in [-0.2, -0.15) is 0 Å². The first kappa shape index (κ1) is 14.9. The lowest BCUT2D eigenvalue weighted by atomic mass is 9.96. The molecule has 3 rings (SSSR count). The summed E-state index contributed by atoms with van der Waals surface area (Å²) in [5.74, 6) is 2.35. The molecule has 0 radical (unpaired) electrons. The van der Waals surface area contributed by atoms with E-state index in [1.165, 1.54) is 11.8 Å². The van der Waals surface area contributed by atoms with Crippen LogP contribution in [-0.4, -0.2) is 40.0 Å². The first-order chi connectivity index (χ1) is 10.7. The van der Waals surface area contributed by atoms with Gasteiger partial charge in [-0.05, 0) is 25.0 Å². The average molecular weight is 318 g/mol. The minimum Gasteiger partial charge on any atom is -0.492 e. The zero-order chi connectivity index (χ0) is 15.4. The minimum absolute atomic E-state index is 0.0428. The number of nitrogens with zero attached hydrogens (tertiary/aromatic N) is 2. The van der Waals surface area contributed by atoms with E-state index in [1.54, 1.807) is 0 Å². The van der Waals surface area contributed by atoms with E-state index in [2.05, 4.69) is 20.5 Å². The first-order valence-electron chi connectivity index (χ1n) is 7.22. The van der Waals surface area contributed by atoms with Gasteiger partial charge < -0.3 is 10.1 Å². The van der Waals surface area contributed by atoms with Crippen LogP contribution in [0.5, 0.6) is 5.75 Å². The lowest BCUT2D eigenvalue weighted by Crippen LogP contribution is -2.38. The molecule has 2 N–H and O–H groups in total. The molecule has 0 saturated carbocycles. The van der Waals surface area contributed by atoms with Crippen molar-refractivity contribution < 1.29 is 9.53 Å². The van der Waals surface area contributed by atoms with Crippen LogP contribution < -0.4 is 10.1 Å². The SMILES string of the molecule is Cc1nc(SCCNC(=O)[C@@H]2COc3ccccc3C2)n[nH]1. The molecule has 1 aromatic carbocycles. The fraction of sp³-hybridized carbons (Fsp3) is 0.400. The zero-order valence-corrected chi connectivity index (χ0v) is 13.2. The highest BCUT2D eigenvalue weighted by Gasteiger charge is 2.25. The molecule has 1 aliphatic rings. The van der Waals surface area contributed by atoms with Gasteiger partial charge in [-0.1, -0.05) is 30.0 Å². The summed E-state index contributed by atoms with van der Waals surface area (Å²) in [6, 6.07) is 7.87. The summed E-state index contributed by atoms with van der Waals surface area (Å²) in [5, 5.41) is 10.5. The number of aromatic nitrogens is 3. The summed E-state index contributed by atoms with van der Waals surface area (Å²) in [6.07, 6.45) is 0.731. The summed E-state index contributed by atoms with van der Waals surface area (Å²) in [5.41, 5.74) is 1.10. The van der Waals surface area contributed by atoms with Gasteiger partial charge in [0.25, 0.3) is 0 Å². The van der Waals surface area contributed by atoms with Crippen molar-refractivity contribution in [2.24, 2.45) is 5.92 Å². The molecule has 6 nitrogen and oxygen atoms in total. The van der Waals surface area contributed by atoms with Crippen molar-refractivity contribution >= 4 is 17.7 Å². The number of ether oxygens (including phenoxy) is 1. The van der Waals surface area contributed by atoms with Gasteiger partial charge in [0.1, 0.15) is 18.2 Å². The van der Waals surface area contributed by atoms with Crippen LogP contribution in [0.4, 0.5) is 0 Å². The van der Waals surface area contributed by atoms with E-state index in [0.29, 0.717) is 18.3 Å². The lowest BCUT2D eigenvalue weighted by Gasteiger charge is -2.24. The number of carbonyl (C=O) groups is 1. The van der Waals surface area contributed by atoms with Crippen LogP contribution in [0.15, 0.2) is 29.4 Å². The van der Waals surface area contributed by atoms with Crippen molar-refractivity contribution in [1.29, 1.82) is 0 Å². The number of benzene rings is 1. The van der Waals surface area contributed by atoms with E-state index in [9.17, 15) is 4.79 Å². The average Bonchev–Trinajstić information content (AvgIpc) is 2.96. The van der Waals surface area contributed by atoms with Gasteiger partial charge in [0, 0.05) is 12.3 Å². The van der Waals surface area contributed by atoms with Crippen LogP contribution >= 0.6 is 11.8 Å². The monoisotopic (exact) mass is 318 g/mol. The normalized spacial score (nSPS) is 16.7. The molecule has 0 unspecified atom stereocenters. The summed E-state index contributed by atoms with van der Waals surface area (Å²) in [6.45, 7) is 2.89. The summed E-state index contributed by atoms with van der Waals surface area (Å²) >= 11 is 1.52. The Morgan fingerprint density at radius 2 is 2.36 bits per heavy atom. The molecule has 0 aliphatic carbocycles. The topological polar surface area (TPSA) is 79.9 Å². The first-order valence-corrected chi connectivity index (χ1v) is 8.21. The van der Waals surface area contributed by atoms with Gasteiger partial charge >= 0.3 is 0 Å². The Balaban J connectivity index is 1.43. The molecular weight excluding hydrogens is 300 g/mol. The Morgan fingerprint density at radius 3 is 3.18 bits per heavy atom. The molecule has 0 bridgehead atoms. The van der Waals surface area contributed by atoms with Crippen LogP contribution in [0.3, 0.4) is 0 Å². The van der Waals surface area contributed by atoms with Crippen molar-refractivity contribution in [2.75, 3.05) is 18.9 Å². The number of aromatic amines is 1. The van der Waals surface area contributed by atoms with Crippen molar-refractivity contribution in [3.05, 3.63) is 35.7 Å². The Kier molecular flexibility index (Phi) is 4.62. The molecule has 116 valence electrons. The van der Waals surface area contributed by atoms with Gasteiger partial charge in [0.2, 0.25) is 11.1 Å². The van der Waals surface area contributed by atoms with Crippen LogP contribution in [0.2, 0.25) is 0 Å². The Hall–Kier alpha value is -2.02. The highest BCUT2D eigenvalue weighted by Crippen LogP contribution is 2.26. The number of hydrogen-bond donors (Lipinski definition) is 2. The molecule has 22 heavy (non-hydrogen) atoms. The van der Waals surface area contributed by atoms with E-state index in [-0.39, 0.29) is 11.8 Å². The number of nitrogens with one attached hydrogen (secondary N) is 2. The molecule has 1 aliphatic heterocycles. The highest BCUT2D eigenvalue weighted by molar-refractivity contribution is 7.99. The fourth-order valence-electron chi connectivity index (χ4n) is 2.34. The second-order valence-corrected chi connectivity index (χ2v) is 6.22. The third-order valence-electron chi connectivity index (χ3n) is 3.46. The lowest BCUT2D eigenvalue weighted by molar-refractivity contribution is -0.126. The summed E-state index contributed by atoms with van der Waals surface area (Å²) in [4.78, 5) is 16.4. The Labute approximate surface area is 133 Å².